The molecule has 0 aliphatic heterocycles. The van der Waals surface area contributed by atoms with Gasteiger partial charge in [0.25, 0.3) is 0 Å². The number of imidazole rings is 1. The van der Waals surface area contributed by atoms with Crippen molar-refractivity contribution in [1.82, 2.24) is 29.7 Å². The quantitative estimate of drug-likeness (QED) is 0.385. The van der Waals surface area contributed by atoms with Crippen LogP contribution in [0, 0.1) is 0 Å². The number of rotatable bonds is 12. The summed E-state index contributed by atoms with van der Waals surface area (Å²) in [7, 11) is -1.22. The molecule has 9 heteroatoms. The van der Waals surface area contributed by atoms with Gasteiger partial charge in [-0.3, -0.25) is 4.68 Å². The first-order valence-electron chi connectivity index (χ1n) is 10.2. The number of benzene rings is 1. The fraction of sp³-hybridized carbons (Fsp3) is 0.381. The molecule has 0 spiro atoms. The van der Waals surface area contributed by atoms with Gasteiger partial charge in [-0.25, -0.2) is 13.9 Å². The van der Waals surface area contributed by atoms with Gasteiger partial charge in [0.2, 0.25) is 0 Å². The summed E-state index contributed by atoms with van der Waals surface area (Å²) in [5.41, 5.74) is 8.69. The molecule has 0 saturated carbocycles. The van der Waals surface area contributed by atoms with E-state index in [0.717, 1.165) is 54.0 Å². The average molecular weight is 428 g/mol. The Labute approximate surface area is 179 Å². The lowest BCUT2D eigenvalue weighted by Gasteiger charge is -2.05. The van der Waals surface area contributed by atoms with Gasteiger partial charge in [0.1, 0.15) is 11.0 Å². The summed E-state index contributed by atoms with van der Waals surface area (Å²) >= 11 is 0. The molecule has 30 heavy (non-hydrogen) atoms. The van der Waals surface area contributed by atoms with E-state index in [1.165, 1.54) is 0 Å². The maximum atomic E-state index is 12.3. The zero-order valence-corrected chi connectivity index (χ0v) is 18.1. The highest BCUT2D eigenvalue weighted by atomic mass is 32.2. The molecule has 3 rings (SSSR count). The van der Waals surface area contributed by atoms with Crippen molar-refractivity contribution < 1.29 is 4.21 Å². The van der Waals surface area contributed by atoms with Gasteiger partial charge in [-0.2, -0.15) is 0 Å². The number of anilines is 1. The predicted octanol–water partition coefficient (Wildman–Crippen LogP) is 2.85. The topological polar surface area (TPSA) is 115 Å². The lowest BCUT2D eigenvalue weighted by molar-refractivity contribution is 0.581. The molecular weight excluding hydrogens is 398 g/mol. The summed E-state index contributed by atoms with van der Waals surface area (Å²) in [5.74, 6) is 0.474. The Bertz CT molecular complexity index is 965. The molecule has 1 aromatic carbocycles. The molecule has 2 aromatic heterocycles. The number of unbranched alkanes of at least 4 members (excludes halogenated alkanes) is 2. The maximum absolute atomic E-state index is 12.3. The lowest BCUT2D eigenvalue weighted by Crippen LogP contribution is -2.23. The molecule has 1 atom stereocenters. The fourth-order valence-corrected chi connectivity index (χ4v) is 3.82. The van der Waals surface area contributed by atoms with Crippen LogP contribution in [0.2, 0.25) is 0 Å². The third-order valence-corrected chi connectivity index (χ3v) is 5.82. The van der Waals surface area contributed by atoms with Gasteiger partial charge < -0.3 is 10.7 Å². The summed E-state index contributed by atoms with van der Waals surface area (Å²) in [6, 6.07) is 9.88. The lowest BCUT2D eigenvalue weighted by atomic mass is 10.1. The number of nitrogen functional groups attached to an aromatic ring is 1. The monoisotopic (exact) mass is 427 g/mol. The van der Waals surface area contributed by atoms with Crippen molar-refractivity contribution in [3.8, 4) is 0 Å². The molecule has 0 bridgehead atoms. The van der Waals surface area contributed by atoms with E-state index >= 15 is 0 Å². The van der Waals surface area contributed by atoms with Gasteiger partial charge in [-0.05, 0) is 44.2 Å². The molecule has 160 valence electrons. The number of aromatic nitrogens is 5. The standard InChI is InChI=1S/C21H29N7OS/c1-17(14-18-8-4-2-5-9-18)30(29)24-12-13-28-16-20(26-27-28)11-7-3-6-10-19-15-23-21(22)25-19/h2,4-5,8-9,14-16,24H,3,6-7,10-13H2,1H3,(H3,22,23,25)/b17-14+. The number of aryl methyl sites for hydroxylation is 2. The third-order valence-electron chi connectivity index (χ3n) is 4.65. The zero-order valence-electron chi connectivity index (χ0n) is 17.3. The first-order chi connectivity index (χ1) is 14.6. The fourth-order valence-electron chi connectivity index (χ4n) is 3.07. The number of nitrogens with zero attached hydrogens (tertiary/aromatic N) is 4. The molecule has 0 amide bonds. The van der Waals surface area contributed by atoms with Crippen molar-refractivity contribution in [2.24, 2.45) is 0 Å². The second kappa shape index (κ2) is 11.4. The Morgan fingerprint density at radius 2 is 2.03 bits per heavy atom. The summed E-state index contributed by atoms with van der Waals surface area (Å²) in [6.07, 6.45) is 10.8. The van der Waals surface area contributed by atoms with Gasteiger partial charge in [0.05, 0.1) is 18.4 Å². The van der Waals surface area contributed by atoms with Crippen LogP contribution in [-0.2, 0) is 30.4 Å². The van der Waals surface area contributed by atoms with Crippen LogP contribution < -0.4 is 10.5 Å². The summed E-state index contributed by atoms with van der Waals surface area (Å²) in [5, 5.41) is 8.39. The average Bonchev–Trinajstić information content (AvgIpc) is 3.37. The highest BCUT2D eigenvalue weighted by Gasteiger charge is 2.05. The molecule has 0 aliphatic carbocycles. The van der Waals surface area contributed by atoms with E-state index in [1.54, 1.807) is 10.9 Å². The largest absolute Gasteiger partial charge is 0.369 e. The molecule has 0 saturated heterocycles. The molecule has 2 heterocycles. The van der Waals surface area contributed by atoms with Crippen LogP contribution in [0.25, 0.3) is 6.08 Å². The van der Waals surface area contributed by atoms with Crippen LogP contribution in [0.3, 0.4) is 0 Å². The Morgan fingerprint density at radius 3 is 2.80 bits per heavy atom. The number of hydrogen-bond acceptors (Lipinski definition) is 5. The molecule has 3 aromatic rings. The molecule has 0 radical (unpaired) electrons. The second-order valence-electron chi connectivity index (χ2n) is 7.16. The SMILES string of the molecule is C/C(=C\c1ccccc1)S(=O)NCCn1cc(CCCCCc2cnc(N)[nH]2)nn1. The molecular formula is C21H29N7OS. The third kappa shape index (κ3) is 7.23. The van der Waals surface area contributed by atoms with Crippen LogP contribution in [0.15, 0.2) is 47.6 Å². The van der Waals surface area contributed by atoms with Crippen molar-refractivity contribution in [3.63, 3.8) is 0 Å². The number of nitrogens with one attached hydrogen (secondary N) is 2. The Hall–Kier alpha value is -2.78. The van der Waals surface area contributed by atoms with E-state index in [9.17, 15) is 4.21 Å². The van der Waals surface area contributed by atoms with Crippen molar-refractivity contribution >= 4 is 23.0 Å². The van der Waals surface area contributed by atoms with Crippen LogP contribution in [0.5, 0.6) is 0 Å². The molecule has 8 nitrogen and oxygen atoms in total. The van der Waals surface area contributed by atoms with Gasteiger partial charge in [0, 0.05) is 23.3 Å². The van der Waals surface area contributed by atoms with Crippen molar-refractivity contribution in [1.29, 1.82) is 0 Å². The normalized spacial score (nSPS) is 12.9. The minimum absolute atomic E-state index is 0.474. The van der Waals surface area contributed by atoms with Crippen LogP contribution in [-0.4, -0.2) is 35.7 Å². The molecule has 0 aliphatic rings. The van der Waals surface area contributed by atoms with Crippen LogP contribution in [0.4, 0.5) is 5.95 Å². The first kappa shape index (κ1) is 21.9. The molecule has 0 fully saturated rings. The highest BCUT2D eigenvalue weighted by molar-refractivity contribution is 7.87. The summed E-state index contributed by atoms with van der Waals surface area (Å²) in [4.78, 5) is 7.84. The highest BCUT2D eigenvalue weighted by Crippen LogP contribution is 2.09. The minimum atomic E-state index is -1.22. The van der Waals surface area contributed by atoms with E-state index < -0.39 is 11.0 Å². The Balaban J connectivity index is 1.32. The zero-order chi connectivity index (χ0) is 21.2. The number of aromatic amines is 1. The van der Waals surface area contributed by atoms with Gasteiger partial charge in [-0.15, -0.1) is 5.10 Å². The van der Waals surface area contributed by atoms with Crippen LogP contribution >= 0.6 is 0 Å². The van der Waals surface area contributed by atoms with Crippen molar-refractivity contribution in [2.75, 3.05) is 12.3 Å². The smallest absolute Gasteiger partial charge is 0.197 e. The predicted molar refractivity (Wildman–Crippen MR) is 121 cm³/mol. The number of H-pyrrole nitrogens is 1. The Kier molecular flexibility index (Phi) is 8.34. The number of hydrogen-bond donors (Lipinski definition) is 3. The second-order valence-corrected chi connectivity index (χ2v) is 8.63. The van der Waals surface area contributed by atoms with E-state index in [2.05, 4.69) is 25.0 Å². The van der Waals surface area contributed by atoms with Crippen molar-refractivity contribution in [2.45, 2.75) is 45.6 Å². The summed E-state index contributed by atoms with van der Waals surface area (Å²) in [6.45, 7) is 3.05. The van der Waals surface area contributed by atoms with Gasteiger partial charge in [-0.1, -0.05) is 42.0 Å². The molecule has 1 unspecified atom stereocenters. The van der Waals surface area contributed by atoms with E-state index in [4.69, 9.17) is 5.73 Å². The van der Waals surface area contributed by atoms with Gasteiger partial charge in [0.15, 0.2) is 5.95 Å². The van der Waals surface area contributed by atoms with Gasteiger partial charge >= 0.3 is 0 Å². The number of allylic oxidation sites excluding steroid dienone is 1. The minimum Gasteiger partial charge on any atom is -0.369 e. The van der Waals surface area contributed by atoms with E-state index in [0.29, 0.717) is 19.0 Å². The van der Waals surface area contributed by atoms with Crippen molar-refractivity contribution in [3.05, 3.63) is 64.6 Å². The first-order valence-corrected chi connectivity index (χ1v) is 11.3. The maximum Gasteiger partial charge on any atom is 0.197 e. The Morgan fingerprint density at radius 1 is 1.23 bits per heavy atom. The van der Waals surface area contributed by atoms with Crippen LogP contribution in [0.1, 0.15) is 43.1 Å². The number of nitrogens with two attached hydrogens (primary N) is 1. The molecule has 4 N–H and O–H groups in total. The van der Waals surface area contributed by atoms with E-state index in [1.807, 2.05) is 49.5 Å². The van der Waals surface area contributed by atoms with E-state index in [-0.39, 0.29) is 0 Å². The summed E-state index contributed by atoms with van der Waals surface area (Å²) < 4.78 is 17.2.